The minimum Gasteiger partial charge on any atom is -0.493 e. The van der Waals surface area contributed by atoms with Crippen LogP contribution in [0.3, 0.4) is 0 Å². The number of carbonyl (C=O) groups excluding carboxylic acids is 1. The summed E-state index contributed by atoms with van der Waals surface area (Å²) in [6.07, 6.45) is 4.38. The Morgan fingerprint density at radius 2 is 2.05 bits per heavy atom. The number of hydrogen-bond donors (Lipinski definition) is 0. The first-order valence-electron chi connectivity index (χ1n) is 6.35. The Bertz CT molecular complexity index is 616. The first-order valence-corrected chi connectivity index (χ1v) is 6.35. The molecule has 6 nitrogen and oxygen atoms in total. The Labute approximate surface area is 122 Å². The second-order valence-electron chi connectivity index (χ2n) is 4.22. The summed E-state index contributed by atoms with van der Waals surface area (Å²) < 4.78 is 15.9. The number of esters is 1. The lowest BCUT2D eigenvalue weighted by Gasteiger charge is -2.18. The largest absolute Gasteiger partial charge is 0.493 e. The Balaban J connectivity index is 2.36. The van der Waals surface area contributed by atoms with Gasteiger partial charge in [0.25, 0.3) is 0 Å². The molecule has 0 saturated carbocycles. The third-order valence-corrected chi connectivity index (χ3v) is 2.90. The van der Waals surface area contributed by atoms with Crippen molar-refractivity contribution in [3.05, 3.63) is 48.0 Å². The van der Waals surface area contributed by atoms with E-state index >= 15 is 0 Å². The van der Waals surface area contributed by atoms with Gasteiger partial charge < -0.3 is 14.2 Å². The van der Waals surface area contributed by atoms with Crippen molar-refractivity contribution in [1.82, 2.24) is 9.97 Å². The lowest BCUT2D eigenvalue weighted by atomic mass is 10.1. The van der Waals surface area contributed by atoms with Crippen LogP contribution in [0.25, 0.3) is 0 Å². The molecule has 0 saturated heterocycles. The molecule has 0 aliphatic heterocycles. The summed E-state index contributed by atoms with van der Waals surface area (Å²) in [5, 5.41) is 0. The van der Waals surface area contributed by atoms with Crippen LogP contribution in [0.1, 0.15) is 29.1 Å². The summed E-state index contributed by atoms with van der Waals surface area (Å²) in [4.78, 5) is 20.0. The van der Waals surface area contributed by atoms with E-state index in [1.807, 2.05) is 6.92 Å². The van der Waals surface area contributed by atoms with Crippen LogP contribution in [0, 0.1) is 0 Å². The molecular formula is C15H16N2O4. The van der Waals surface area contributed by atoms with Crippen LogP contribution >= 0.6 is 0 Å². The van der Waals surface area contributed by atoms with Crippen LogP contribution in [0.4, 0.5) is 0 Å². The summed E-state index contributed by atoms with van der Waals surface area (Å²) in [6, 6.07) is 5.03. The smallest absolute Gasteiger partial charge is 0.341 e. The van der Waals surface area contributed by atoms with Gasteiger partial charge in [-0.25, -0.2) is 4.79 Å². The molecule has 21 heavy (non-hydrogen) atoms. The highest BCUT2D eigenvalue weighted by molar-refractivity contribution is 5.93. The minimum atomic E-state index is -0.491. The van der Waals surface area contributed by atoms with Gasteiger partial charge >= 0.3 is 5.97 Å². The highest BCUT2D eigenvalue weighted by Crippen LogP contribution is 2.34. The zero-order valence-electron chi connectivity index (χ0n) is 12.1. The first-order chi connectivity index (χ1) is 10.2. The van der Waals surface area contributed by atoms with Gasteiger partial charge in [0.2, 0.25) is 0 Å². The number of nitrogens with zero attached hydrogens (tertiary/aromatic N) is 2. The zero-order valence-corrected chi connectivity index (χ0v) is 12.1. The summed E-state index contributed by atoms with van der Waals surface area (Å²) in [5.41, 5.74) is 0.951. The highest BCUT2D eigenvalue weighted by atomic mass is 16.5. The molecule has 1 atom stereocenters. The van der Waals surface area contributed by atoms with Crippen molar-refractivity contribution in [1.29, 1.82) is 0 Å². The number of rotatable bonds is 5. The van der Waals surface area contributed by atoms with E-state index in [9.17, 15) is 4.79 Å². The van der Waals surface area contributed by atoms with E-state index in [2.05, 4.69) is 9.97 Å². The molecule has 1 unspecified atom stereocenters. The van der Waals surface area contributed by atoms with Crippen LogP contribution in [-0.4, -0.2) is 30.2 Å². The normalized spacial score (nSPS) is 11.6. The number of ether oxygens (including phenoxy) is 3. The van der Waals surface area contributed by atoms with Crippen LogP contribution in [-0.2, 0) is 4.74 Å². The molecule has 1 aromatic heterocycles. The molecule has 0 N–H and O–H groups in total. The van der Waals surface area contributed by atoms with Gasteiger partial charge in [-0.3, -0.25) is 9.97 Å². The molecule has 1 aromatic carbocycles. The van der Waals surface area contributed by atoms with E-state index in [0.717, 1.165) is 0 Å². The van der Waals surface area contributed by atoms with Crippen molar-refractivity contribution in [2.75, 3.05) is 14.2 Å². The third kappa shape index (κ3) is 3.28. The van der Waals surface area contributed by atoms with Crippen molar-refractivity contribution < 1.29 is 19.0 Å². The Hall–Kier alpha value is -2.63. The average molecular weight is 288 g/mol. The number of aromatic nitrogens is 2. The monoisotopic (exact) mass is 288 g/mol. The Kier molecular flexibility index (Phi) is 4.71. The predicted octanol–water partition coefficient (Wildman–Crippen LogP) is 2.41. The van der Waals surface area contributed by atoms with Crippen molar-refractivity contribution >= 4 is 5.97 Å². The zero-order chi connectivity index (χ0) is 15.2. The van der Waals surface area contributed by atoms with E-state index in [1.54, 1.807) is 36.8 Å². The molecule has 0 spiro atoms. The topological polar surface area (TPSA) is 70.5 Å². The van der Waals surface area contributed by atoms with E-state index in [4.69, 9.17) is 14.2 Å². The van der Waals surface area contributed by atoms with Crippen LogP contribution in [0.2, 0.25) is 0 Å². The van der Waals surface area contributed by atoms with Gasteiger partial charge in [0.15, 0.2) is 11.5 Å². The van der Waals surface area contributed by atoms with Gasteiger partial charge in [-0.15, -0.1) is 0 Å². The predicted molar refractivity (Wildman–Crippen MR) is 75.4 cm³/mol. The second-order valence-corrected chi connectivity index (χ2v) is 4.22. The molecule has 2 rings (SSSR count). The summed E-state index contributed by atoms with van der Waals surface area (Å²) >= 11 is 0. The molecule has 0 aliphatic carbocycles. The molecule has 0 amide bonds. The molecular weight excluding hydrogens is 272 g/mol. The number of hydrogen-bond acceptors (Lipinski definition) is 6. The standard InChI is InChI=1S/C15H16N2O4/c1-10(12-9-16-7-8-17-12)21-14-11(15(18)20-3)5-4-6-13(14)19-2/h4-10H,1-3H3. The lowest BCUT2D eigenvalue weighted by molar-refractivity contribution is 0.0592. The van der Waals surface area contributed by atoms with Crippen molar-refractivity contribution in [2.45, 2.75) is 13.0 Å². The maximum Gasteiger partial charge on any atom is 0.341 e. The van der Waals surface area contributed by atoms with Crippen LogP contribution < -0.4 is 9.47 Å². The number of benzene rings is 1. The maximum atomic E-state index is 11.8. The molecule has 110 valence electrons. The number of para-hydroxylation sites is 1. The fraction of sp³-hybridized carbons (Fsp3) is 0.267. The quantitative estimate of drug-likeness (QED) is 0.787. The summed E-state index contributed by atoms with van der Waals surface area (Å²) in [6.45, 7) is 1.82. The SMILES string of the molecule is COC(=O)c1cccc(OC)c1OC(C)c1cnccn1. The number of carbonyl (C=O) groups is 1. The van der Waals surface area contributed by atoms with Crippen molar-refractivity contribution in [3.63, 3.8) is 0 Å². The first kappa shape index (κ1) is 14.8. The third-order valence-electron chi connectivity index (χ3n) is 2.90. The van der Waals surface area contributed by atoms with Crippen LogP contribution in [0.15, 0.2) is 36.8 Å². The molecule has 6 heteroatoms. The minimum absolute atomic E-state index is 0.299. The molecule has 0 radical (unpaired) electrons. The van der Waals surface area contributed by atoms with Gasteiger partial charge in [-0.2, -0.15) is 0 Å². The molecule has 1 heterocycles. The highest BCUT2D eigenvalue weighted by Gasteiger charge is 2.20. The van der Waals surface area contributed by atoms with Gasteiger partial charge in [0.1, 0.15) is 11.7 Å². The van der Waals surface area contributed by atoms with E-state index < -0.39 is 12.1 Å². The maximum absolute atomic E-state index is 11.8. The molecule has 0 fully saturated rings. The van der Waals surface area contributed by atoms with Gasteiger partial charge in [0.05, 0.1) is 26.1 Å². The van der Waals surface area contributed by atoms with E-state index in [0.29, 0.717) is 22.8 Å². The van der Waals surface area contributed by atoms with Crippen LogP contribution in [0.5, 0.6) is 11.5 Å². The van der Waals surface area contributed by atoms with E-state index in [1.165, 1.54) is 14.2 Å². The van der Waals surface area contributed by atoms with Gasteiger partial charge in [-0.05, 0) is 19.1 Å². The summed E-state index contributed by atoms with van der Waals surface area (Å²) in [7, 11) is 2.83. The number of methoxy groups -OCH3 is 2. The average Bonchev–Trinajstić information content (AvgIpc) is 2.55. The van der Waals surface area contributed by atoms with Crippen molar-refractivity contribution in [3.8, 4) is 11.5 Å². The molecule has 0 aliphatic rings. The lowest BCUT2D eigenvalue weighted by Crippen LogP contribution is -2.11. The fourth-order valence-electron chi connectivity index (χ4n) is 1.83. The summed E-state index contributed by atoms with van der Waals surface area (Å²) in [5.74, 6) is 0.286. The molecule has 0 bridgehead atoms. The molecule has 2 aromatic rings. The fourth-order valence-corrected chi connectivity index (χ4v) is 1.83. The van der Waals surface area contributed by atoms with Gasteiger partial charge in [0, 0.05) is 12.4 Å². The van der Waals surface area contributed by atoms with Crippen molar-refractivity contribution in [2.24, 2.45) is 0 Å². The second kappa shape index (κ2) is 6.69. The Morgan fingerprint density at radius 3 is 2.67 bits per heavy atom. The Morgan fingerprint density at radius 1 is 1.24 bits per heavy atom. The van der Waals surface area contributed by atoms with E-state index in [-0.39, 0.29) is 0 Å². The van der Waals surface area contributed by atoms with Gasteiger partial charge in [-0.1, -0.05) is 6.07 Å².